The molecule has 0 bridgehead atoms. The van der Waals surface area contributed by atoms with Gasteiger partial charge in [0.2, 0.25) is 5.91 Å². The summed E-state index contributed by atoms with van der Waals surface area (Å²) < 4.78 is 37.4. The third-order valence-corrected chi connectivity index (χ3v) is 2.99. The first-order valence-electron chi connectivity index (χ1n) is 6.16. The van der Waals surface area contributed by atoms with Crippen molar-refractivity contribution >= 4 is 23.2 Å². The summed E-state index contributed by atoms with van der Waals surface area (Å²) in [6, 6.07) is 2.51. The number of carbonyl (C=O) groups excluding carboxylic acids is 1. The maximum absolute atomic E-state index is 12.5. The van der Waals surface area contributed by atoms with Gasteiger partial charge in [-0.15, -0.1) is 0 Å². The van der Waals surface area contributed by atoms with Crippen molar-refractivity contribution in [3.8, 4) is 0 Å². The van der Waals surface area contributed by atoms with E-state index in [0.29, 0.717) is 6.42 Å². The number of nitrogens with one attached hydrogen (secondary N) is 1. The van der Waals surface area contributed by atoms with Gasteiger partial charge in [0, 0.05) is 12.5 Å². The predicted molar refractivity (Wildman–Crippen MR) is 72.6 cm³/mol. The summed E-state index contributed by atoms with van der Waals surface area (Å²) in [5.74, 6) is -0.368. The van der Waals surface area contributed by atoms with Crippen molar-refractivity contribution in [2.45, 2.75) is 38.4 Å². The van der Waals surface area contributed by atoms with Gasteiger partial charge in [-0.1, -0.05) is 24.9 Å². The number of benzene rings is 1. The third kappa shape index (κ3) is 5.02. The maximum atomic E-state index is 12.5. The van der Waals surface area contributed by atoms with E-state index in [4.69, 9.17) is 17.3 Å². The van der Waals surface area contributed by atoms with E-state index >= 15 is 0 Å². The van der Waals surface area contributed by atoms with Crippen LogP contribution in [0.2, 0.25) is 5.02 Å². The highest BCUT2D eigenvalue weighted by Crippen LogP contribution is 2.33. The summed E-state index contributed by atoms with van der Waals surface area (Å²) in [6.07, 6.45) is -2.80. The molecule has 1 aromatic carbocycles. The van der Waals surface area contributed by atoms with E-state index in [9.17, 15) is 18.0 Å². The molecule has 20 heavy (non-hydrogen) atoms. The van der Waals surface area contributed by atoms with Crippen LogP contribution >= 0.6 is 11.6 Å². The number of hydrogen-bond donors (Lipinski definition) is 2. The van der Waals surface area contributed by atoms with Gasteiger partial charge in [-0.3, -0.25) is 4.79 Å². The molecule has 7 heteroatoms. The van der Waals surface area contributed by atoms with Crippen LogP contribution in [-0.2, 0) is 11.0 Å². The number of amides is 1. The normalized spacial score (nSPS) is 13.1. The molecule has 0 saturated heterocycles. The van der Waals surface area contributed by atoms with Crippen LogP contribution in [0.3, 0.4) is 0 Å². The molecular weight excluding hydrogens is 293 g/mol. The minimum Gasteiger partial charge on any atom is -0.327 e. The summed E-state index contributed by atoms with van der Waals surface area (Å²) in [7, 11) is 0. The lowest BCUT2D eigenvalue weighted by atomic mass is 10.1. The first-order valence-corrected chi connectivity index (χ1v) is 6.54. The molecule has 1 rings (SSSR count). The number of halogens is 4. The summed E-state index contributed by atoms with van der Waals surface area (Å²) in [5.41, 5.74) is 5.00. The Morgan fingerprint density at radius 1 is 1.45 bits per heavy atom. The molecule has 0 spiro atoms. The predicted octanol–water partition coefficient (Wildman–Crippen LogP) is 3.81. The van der Waals surface area contributed by atoms with Crippen LogP contribution in [0.1, 0.15) is 31.7 Å². The number of rotatable bonds is 5. The van der Waals surface area contributed by atoms with Crippen LogP contribution in [0.5, 0.6) is 0 Å². The fraction of sp³-hybridized carbons (Fsp3) is 0.462. The van der Waals surface area contributed by atoms with Crippen molar-refractivity contribution < 1.29 is 18.0 Å². The van der Waals surface area contributed by atoms with E-state index in [-0.39, 0.29) is 29.1 Å². The number of carbonyl (C=O) groups is 1. The van der Waals surface area contributed by atoms with E-state index in [2.05, 4.69) is 5.32 Å². The highest BCUT2D eigenvalue weighted by Gasteiger charge is 2.31. The van der Waals surface area contributed by atoms with Gasteiger partial charge >= 0.3 is 6.18 Å². The molecule has 0 heterocycles. The highest BCUT2D eigenvalue weighted by molar-refractivity contribution is 6.33. The zero-order valence-electron chi connectivity index (χ0n) is 10.9. The minimum atomic E-state index is -4.46. The Morgan fingerprint density at radius 2 is 2.10 bits per heavy atom. The van der Waals surface area contributed by atoms with Gasteiger partial charge < -0.3 is 11.1 Å². The molecule has 0 radical (unpaired) electrons. The number of nitrogens with two attached hydrogens (primary N) is 1. The lowest BCUT2D eigenvalue weighted by Gasteiger charge is -2.13. The quantitative estimate of drug-likeness (QED) is 0.869. The fourth-order valence-corrected chi connectivity index (χ4v) is 1.93. The second-order valence-electron chi connectivity index (χ2n) is 4.49. The molecule has 1 amide bonds. The Morgan fingerprint density at radius 3 is 2.60 bits per heavy atom. The van der Waals surface area contributed by atoms with Crippen molar-refractivity contribution in [3.05, 3.63) is 28.8 Å². The van der Waals surface area contributed by atoms with E-state index in [1.165, 1.54) is 0 Å². The smallest absolute Gasteiger partial charge is 0.327 e. The van der Waals surface area contributed by atoms with Crippen LogP contribution in [-0.4, -0.2) is 11.9 Å². The molecule has 112 valence electrons. The minimum absolute atomic E-state index is 0.102. The van der Waals surface area contributed by atoms with Crippen molar-refractivity contribution in [3.63, 3.8) is 0 Å². The second-order valence-corrected chi connectivity index (χ2v) is 4.90. The van der Waals surface area contributed by atoms with Crippen LogP contribution in [0.25, 0.3) is 0 Å². The Balaban J connectivity index is 2.72. The van der Waals surface area contributed by atoms with E-state index in [1.54, 1.807) is 0 Å². The number of alkyl halides is 3. The molecule has 0 fully saturated rings. The van der Waals surface area contributed by atoms with Crippen molar-refractivity contribution in [1.29, 1.82) is 0 Å². The van der Waals surface area contributed by atoms with Gasteiger partial charge in [-0.2, -0.15) is 13.2 Å². The Labute approximate surface area is 120 Å². The molecule has 0 aliphatic rings. The van der Waals surface area contributed by atoms with E-state index < -0.39 is 11.7 Å². The van der Waals surface area contributed by atoms with E-state index in [0.717, 1.165) is 24.6 Å². The monoisotopic (exact) mass is 308 g/mol. The van der Waals surface area contributed by atoms with E-state index in [1.807, 2.05) is 6.92 Å². The van der Waals surface area contributed by atoms with Crippen molar-refractivity contribution in [2.24, 2.45) is 5.73 Å². The third-order valence-electron chi connectivity index (χ3n) is 2.68. The summed E-state index contributed by atoms with van der Waals surface area (Å²) in [5, 5.41) is 2.30. The Bertz CT molecular complexity index is 477. The Kier molecular flexibility index (Phi) is 5.83. The molecule has 3 nitrogen and oxygen atoms in total. The van der Waals surface area contributed by atoms with Crippen LogP contribution in [0.4, 0.5) is 18.9 Å². The molecular formula is C13H16ClF3N2O. The van der Waals surface area contributed by atoms with Gasteiger partial charge in [-0.05, 0) is 24.6 Å². The number of anilines is 1. The average molecular weight is 309 g/mol. The number of hydrogen-bond acceptors (Lipinski definition) is 2. The zero-order valence-corrected chi connectivity index (χ0v) is 11.7. The summed E-state index contributed by atoms with van der Waals surface area (Å²) in [4.78, 5) is 11.7. The highest BCUT2D eigenvalue weighted by atomic mass is 35.5. The largest absolute Gasteiger partial charge is 0.416 e. The summed E-state index contributed by atoms with van der Waals surface area (Å²) >= 11 is 5.73. The lowest BCUT2D eigenvalue weighted by molar-refractivity contribution is -0.137. The van der Waals surface area contributed by atoms with Gasteiger partial charge in [0.15, 0.2) is 0 Å². The van der Waals surface area contributed by atoms with Crippen LogP contribution in [0.15, 0.2) is 18.2 Å². The Hall–Kier alpha value is -1.27. The summed E-state index contributed by atoms with van der Waals surface area (Å²) in [6.45, 7) is 1.95. The maximum Gasteiger partial charge on any atom is 0.416 e. The SMILES string of the molecule is CCCC(N)CC(=O)Nc1ccc(C(F)(F)F)cc1Cl. The first-order chi connectivity index (χ1) is 9.24. The van der Waals surface area contributed by atoms with Crippen molar-refractivity contribution in [2.75, 3.05) is 5.32 Å². The lowest BCUT2D eigenvalue weighted by Crippen LogP contribution is -2.27. The molecule has 0 aliphatic heterocycles. The topological polar surface area (TPSA) is 55.1 Å². The van der Waals surface area contributed by atoms with Gasteiger partial charge in [0.1, 0.15) is 0 Å². The molecule has 0 saturated carbocycles. The van der Waals surface area contributed by atoms with Crippen molar-refractivity contribution in [1.82, 2.24) is 0 Å². The molecule has 0 aromatic heterocycles. The average Bonchev–Trinajstić information content (AvgIpc) is 2.30. The molecule has 1 unspecified atom stereocenters. The molecule has 1 atom stereocenters. The van der Waals surface area contributed by atoms with Crippen LogP contribution in [0, 0.1) is 0 Å². The molecule has 1 aromatic rings. The first kappa shape index (κ1) is 16.8. The zero-order chi connectivity index (χ0) is 15.3. The van der Waals surface area contributed by atoms with Gasteiger partial charge in [0.05, 0.1) is 16.3 Å². The standard InChI is InChI=1S/C13H16ClF3N2O/c1-2-3-9(18)7-12(20)19-11-5-4-8(6-10(11)14)13(15,16)17/h4-6,9H,2-3,7,18H2,1H3,(H,19,20). The molecule has 3 N–H and O–H groups in total. The van der Waals surface area contributed by atoms with Crippen LogP contribution < -0.4 is 11.1 Å². The fourth-order valence-electron chi connectivity index (χ4n) is 1.71. The second kappa shape index (κ2) is 6.95. The molecule has 0 aliphatic carbocycles. The van der Waals surface area contributed by atoms with Gasteiger partial charge in [0.25, 0.3) is 0 Å². The van der Waals surface area contributed by atoms with Gasteiger partial charge in [-0.25, -0.2) is 0 Å².